The first kappa shape index (κ1) is 16.8. The van der Waals surface area contributed by atoms with Crippen LogP contribution in [0.3, 0.4) is 0 Å². The minimum absolute atomic E-state index is 0.284. The molecule has 0 radical (unpaired) electrons. The van der Waals surface area contributed by atoms with Crippen molar-refractivity contribution in [2.24, 2.45) is 5.41 Å². The van der Waals surface area contributed by atoms with Crippen LogP contribution >= 0.6 is 0 Å². The van der Waals surface area contributed by atoms with E-state index in [1.165, 1.54) is 0 Å². The Morgan fingerprint density at radius 2 is 1.65 bits per heavy atom. The van der Waals surface area contributed by atoms with Crippen LogP contribution in [0.2, 0.25) is 0 Å². The molecule has 0 heterocycles. The number of hydrogen-bond acceptors (Lipinski definition) is 4. The molecule has 0 amide bonds. The van der Waals surface area contributed by atoms with Gasteiger partial charge in [0.05, 0.1) is 6.61 Å². The number of rotatable bonds is 12. The lowest BCUT2D eigenvalue weighted by atomic mass is 9.90. The summed E-state index contributed by atoms with van der Waals surface area (Å²) in [6, 6.07) is 0. The molecule has 0 aromatic carbocycles. The molecule has 0 rings (SSSR count). The van der Waals surface area contributed by atoms with Crippen LogP contribution < -0.4 is 5.32 Å². The summed E-state index contributed by atoms with van der Waals surface area (Å²) in [7, 11) is 3.46. The van der Waals surface area contributed by atoms with Crippen LogP contribution in [-0.4, -0.2) is 53.7 Å². The molecule has 0 aliphatic carbocycles. The third kappa shape index (κ3) is 12.1. The lowest BCUT2D eigenvalue weighted by Crippen LogP contribution is -2.32. The van der Waals surface area contributed by atoms with Crippen molar-refractivity contribution in [3.05, 3.63) is 0 Å². The molecular weight excluding hydrogens is 218 g/mol. The van der Waals surface area contributed by atoms with E-state index >= 15 is 0 Å². The van der Waals surface area contributed by atoms with Gasteiger partial charge in [-0.2, -0.15) is 0 Å². The predicted molar refractivity (Wildman–Crippen MR) is 70.5 cm³/mol. The second-order valence-electron chi connectivity index (χ2n) is 5.04. The largest absolute Gasteiger partial charge is 0.385 e. The molecule has 4 heteroatoms. The Balaban J connectivity index is 3.26. The van der Waals surface area contributed by atoms with Gasteiger partial charge in [0.15, 0.2) is 0 Å². The highest BCUT2D eigenvalue weighted by molar-refractivity contribution is 4.71. The van der Waals surface area contributed by atoms with Crippen LogP contribution in [0.15, 0.2) is 0 Å². The third-order valence-corrected chi connectivity index (χ3v) is 2.65. The first-order valence-corrected chi connectivity index (χ1v) is 6.39. The SMILES string of the molecule is COCCCOCCNCC(C)(C)CCOC. The average Bonchev–Trinajstić information content (AvgIpc) is 2.30. The Hall–Kier alpha value is -0.160. The van der Waals surface area contributed by atoms with E-state index in [-0.39, 0.29) is 5.41 Å². The number of ether oxygens (including phenoxy) is 3. The molecule has 0 fully saturated rings. The Morgan fingerprint density at radius 1 is 0.941 bits per heavy atom. The Kier molecular flexibility index (Phi) is 10.9. The molecule has 0 atom stereocenters. The van der Waals surface area contributed by atoms with Crippen LogP contribution in [0.5, 0.6) is 0 Å². The molecule has 0 spiro atoms. The highest BCUT2D eigenvalue weighted by Crippen LogP contribution is 2.18. The zero-order chi connectivity index (χ0) is 13.0. The summed E-state index contributed by atoms with van der Waals surface area (Å²) in [5.74, 6) is 0. The smallest absolute Gasteiger partial charge is 0.0590 e. The molecule has 0 bridgehead atoms. The van der Waals surface area contributed by atoms with Gasteiger partial charge < -0.3 is 19.5 Å². The van der Waals surface area contributed by atoms with Gasteiger partial charge in [-0.15, -0.1) is 0 Å². The molecule has 0 unspecified atom stereocenters. The van der Waals surface area contributed by atoms with Crippen LogP contribution in [0, 0.1) is 5.41 Å². The standard InChI is InChI=1S/C13H29NO3/c1-13(2,6-10-16-4)12-14-7-11-17-9-5-8-15-3/h14H,5-12H2,1-4H3. The molecule has 0 aliphatic rings. The molecule has 0 aromatic heterocycles. The van der Waals surface area contributed by atoms with E-state index in [1.807, 2.05) is 0 Å². The molecule has 0 aliphatic heterocycles. The average molecular weight is 247 g/mol. The van der Waals surface area contributed by atoms with Crippen molar-refractivity contribution in [1.82, 2.24) is 5.32 Å². The van der Waals surface area contributed by atoms with Crippen LogP contribution in [0.1, 0.15) is 26.7 Å². The fourth-order valence-corrected chi connectivity index (χ4v) is 1.45. The van der Waals surface area contributed by atoms with E-state index in [2.05, 4.69) is 19.2 Å². The summed E-state index contributed by atoms with van der Waals surface area (Å²) in [6.07, 6.45) is 2.04. The summed E-state index contributed by atoms with van der Waals surface area (Å²) >= 11 is 0. The summed E-state index contributed by atoms with van der Waals surface area (Å²) in [5.41, 5.74) is 0.284. The van der Waals surface area contributed by atoms with E-state index in [0.717, 1.165) is 52.4 Å². The first-order valence-electron chi connectivity index (χ1n) is 6.39. The van der Waals surface area contributed by atoms with Crippen molar-refractivity contribution < 1.29 is 14.2 Å². The van der Waals surface area contributed by atoms with Crippen molar-refractivity contribution in [3.63, 3.8) is 0 Å². The monoisotopic (exact) mass is 247 g/mol. The summed E-state index contributed by atoms with van der Waals surface area (Å²) in [6.45, 7) is 9.55. The summed E-state index contributed by atoms with van der Waals surface area (Å²) in [4.78, 5) is 0. The predicted octanol–water partition coefficient (Wildman–Crippen LogP) is 1.69. The van der Waals surface area contributed by atoms with Gasteiger partial charge in [0.2, 0.25) is 0 Å². The summed E-state index contributed by atoms with van der Waals surface area (Å²) < 4.78 is 15.5. The first-order chi connectivity index (χ1) is 8.12. The maximum atomic E-state index is 5.46. The van der Waals surface area contributed by atoms with Crippen molar-refractivity contribution in [2.45, 2.75) is 26.7 Å². The van der Waals surface area contributed by atoms with Crippen LogP contribution in [0.25, 0.3) is 0 Å². The van der Waals surface area contributed by atoms with Gasteiger partial charge in [0.1, 0.15) is 0 Å². The molecular formula is C13H29NO3. The molecule has 0 aromatic rings. The summed E-state index contributed by atoms with van der Waals surface area (Å²) in [5, 5.41) is 3.41. The van der Waals surface area contributed by atoms with Gasteiger partial charge in [0.25, 0.3) is 0 Å². The van der Waals surface area contributed by atoms with E-state index in [9.17, 15) is 0 Å². The molecule has 104 valence electrons. The Labute approximate surface area is 106 Å². The lowest BCUT2D eigenvalue weighted by Gasteiger charge is -2.24. The lowest BCUT2D eigenvalue weighted by molar-refractivity contribution is 0.101. The van der Waals surface area contributed by atoms with Crippen molar-refractivity contribution in [3.8, 4) is 0 Å². The van der Waals surface area contributed by atoms with Crippen LogP contribution in [0.4, 0.5) is 0 Å². The Bertz CT molecular complexity index is 163. The van der Waals surface area contributed by atoms with E-state index in [0.29, 0.717) is 0 Å². The molecule has 4 nitrogen and oxygen atoms in total. The second kappa shape index (κ2) is 11.0. The highest BCUT2D eigenvalue weighted by Gasteiger charge is 2.16. The van der Waals surface area contributed by atoms with Gasteiger partial charge >= 0.3 is 0 Å². The molecule has 17 heavy (non-hydrogen) atoms. The number of methoxy groups -OCH3 is 2. The zero-order valence-corrected chi connectivity index (χ0v) is 11.9. The second-order valence-corrected chi connectivity index (χ2v) is 5.04. The molecule has 0 saturated heterocycles. The van der Waals surface area contributed by atoms with E-state index < -0.39 is 0 Å². The minimum atomic E-state index is 0.284. The van der Waals surface area contributed by atoms with Gasteiger partial charge in [-0.1, -0.05) is 13.8 Å². The van der Waals surface area contributed by atoms with Crippen molar-refractivity contribution in [1.29, 1.82) is 0 Å². The molecule has 1 N–H and O–H groups in total. The fraction of sp³-hybridized carbons (Fsp3) is 1.00. The van der Waals surface area contributed by atoms with Gasteiger partial charge in [-0.25, -0.2) is 0 Å². The topological polar surface area (TPSA) is 39.7 Å². The number of nitrogens with one attached hydrogen (secondary N) is 1. The van der Waals surface area contributed by atoms with Gasteiger partial charge in [0, 0.05) is 47.1 Å². The van der Waals surface area contributed by atoms with E-state index in [4.69, 9.17) is 14.2 Å². The quantitative estimate of drug-likeness (QED) is 0.533. The van der Waals surface area contributed by atoms with Gasteiger partial charge in [-0.05, 0) is 18.3 Å². The maximum Gasteiger partial charge on any atom is 0.0590 e. The van der Waals surface area contributed by atoms with E-state index in [1.54, 1.807) is 14.2 Å². The third-order valence-electron chi connectivity index (χ3n) is 2.65. The van der Waals surface area contributed by atoms with Crippen molar-refractivity contribution in [2.75, 3.05) is 53.7 Å². The highest BCUT2D eigenvalue weighted by atomic mass is 16.5. The number of hydrogen-bond donors (Lipinski definition) is 1. The maximum absolute atomic E-state index is 5.46. The zero-order valence-electron chi connectivity index (χ0n) is 11.9. The molecule has 0 saturated carbocycles. The minimum Gasteiger partial charge on any atom is -0.385 e. The van der Waals surface area contributed by atoms with Gasteiger partial charge in [-0.3, -0.25) is 0 Å². The van der Waals surface area contributed by atoms with Crippen LogP contribution in [-0.2, 0) is 14.2 Å². The van der Waals surface area contributed by atoms with Crippen molar-refractivity contribution >= 4 is 0 Å². The normalized spacial score (nSPS) is 12.0. The fourth-order valence-electron chi connectivity index (χ4n) is 1.45. The Morgan fingerprint density at radius 3 is 2.29 bits per heavy atom.